The van der Waals surface area contributed by atoms with E-state index in [1.165, 1.54) is 0 Å². The zero-order valence-electron chi connectivity index (χ0n) is 10.5. The highest BCUT2D eigenvalue weighted by Gasteiger charge is 2.64. The van der Waals surface area contributed by atoms with Crippen LogP contribution in [0.15, 0.2) is 16.5 Å². The van der Waals surface area contributed by atoms with Crippen molar-refractivity contribution in [2.45, 2.75) is 25.2 Å². The molecule has 0 bridgehead atoms. The summed E-state index contributed by atoms with van der Waals surface area (Å²) in [7, 11) is 0. The Kier molecular flexibility index (Phi) is 3.19. The van der Waals surface area contributed by atoms with E-state index in [0.717, 1.165) is 12.1 Å². The predicted molar refractivity (Wildman–Crippen MR) is 59.2 cm³/mol. The zero-order valence-corrected chi connectivity index (χ0v) is 10.5. The monoisotopic (exact) mass is 306 g/mol. The Hall–Kier alpha value is -2.52. The lowest BCUT2D eigenvalue weighted by Gasteiger charge is -2.24. The van der Waals surface area contributed by atoms with Crippen LogP contribution in [0.5, 0.6) is 0 Å². The van der Waals surface area contributed by atoms with Crippen LogP contribution in [0.3, 0.4) is 0 Å². The van der Waals surface area contributed by atoms with Crippen molar-refractivity contribution in [3.05, 3.63) is 23.7 Å². The van der Waals surface area contributed by atoms with Crippen LogP contribution >= 0.6 is 0 Å². The average molecular weight is 306 g/mol. The van der Waals surface area contributed by atoms with Crippen LogP contribution in [-0.4, -0.2) is 39.6 Å². The van der Waals surface area contributed by atoms with Crippen LogP contribution in [0.2, 0.25) is 0 Å². The Balaban J connectivity index is 2.23. The quantitative estimate of drug-likeness (QED) is 0.821. The topological polar surface area (TPSA) is 99.8 Å². The third-order valence-electron chi connectivity index (χ3n) is 3.03. The Morgan fingerprint density at radius 1 is 1.43 bits per heavy atom. The normalized spacial score (nSPS) is 22.6. The Bertz CT molecular complexity index is 624. The maximum atomic E-state index is 12.8. The van der Waals surface area contributed by atoms with Gasteiger partial charge in [0.15, 0.2) is 0 Å². The number of carbonyl (C=O) groups excluding carboxylic acids is 2. The molecule has 1 aromatic heterocycles. The SMILES string of the molecule is CC1(C(F)(F)F)NC(=O)N(Cc2ccc(C(=O)O)o2)C1=O. The molecular formula is C11H9F3N2O5. The number of amides is 3. The summed E-state index contributed by atoms with van der Waals surface area (Å²) in [5.74, 6) is -3.43. The Morgan fingerprint density at radius 2 is 2.05 bits per heavy atom. The Labute approximate surface area is 115 Å². The van der Waals surface area contributed by atoms with Gasteiger partial charge in [-0.3, -0.25) is 9.69 Å². The molecule has 1 aromatic rings. The van der Waals surface area contributed by atoms with Gasteiger partial charge < -0.3 is 14.8 Å². The second kappa shape index (κ2) is 4.50. The van der Waals surface area contributed by atoms with Gasteiger partial charge in [-0.1, -0.05) is 0 Å². The molecule has 0 aromatic carbocycles. The maximum absolute atomic E-state index is 12.8. The fourth-order valence-corrected chi connectivity index (χ4v) is 1.77. The smallest absolute Gasteiger partial charge is 0.420 e. The van der Waals surface area contributed by atoms with Crippen LogP contribution in [0.1, 0.15) is 23.2 Å². The highest BCUT2D eigenvalue weighted by atomic mass is 19.4. The van der Waals surface area contributed by atoms with Crippen LogP contribution in [0.4, 0.5) is 18.0 Å². The van der Waals surface area contributed by atoms with Crippen LogP contribution in [0.25, 0.3) is 0 Å². The molecular weight excluding hydrogens is 297 g/mol. The number of hydrogen-bond acceptors (Lipinski definition) is 4. The van der Waals surface area contributed by atoms with E-state index in [0.29, 0.717) is 11.8 Å². The number of hydrogen-bond donors (Lipinski definition) is 2. The summed E-state index contributed by atoms with van der Waals surface area (Å²) in [6.45, 7) is -0.0400. The summed E-state index contributed by atoms with van der Waals surface area (Å²) in [5, 5.41) is 10.2. The van der Waals surface area contributed by atoms with E-state index in [4.69, 9.17) is 9.52 Å². The van der Waals surface area contributed by atoms with Crippen LogP contribution in [-0.2, 0) is 11.3 Å². The molecule has 0 aliphatic carbocycles. The van der Waals surface area contributed by atoms with Gasteiger partial charge in [0.25, 0.3) is 5.91 Å². The molecule has 1 aliphatic rings. The fraction of sp³-hybridized carbons (Fsp3) is 0.364. The van der Waals surface area contributed by atoms with E-state index >= 15 is 0 Å². The van der Waals surface area contributed by atoms with E-state index in [9.17, 15) is 27.6 Å². The molecule has 114 valence electrons. The van der Waals surface area contributed by atoms with Gasteiger partial charge in [0.1, 0.15) is 5.76 Å². The number of nitrogens with zero attached hydrogens (tertiary/aromatic N) is 1. The first-order valence-corrected chi connectivity index (χ1v) is 5.59. The molecule has 10 heteroatoms. The van der Waals surface area contributed by atoms with Crippen molar-refractivity contribution < 1.29 is 37.1 Å². The largest absolute Gasteiger partial charge is 0.475 e. The highest BCUT2D eigenvalue weighted by Crippen LogP contribution is 2.35. The summed E-state index contributed by atoms with van der Waals surface area (Å²) < 4.78 is 43.3. The van der Waals surface area contributed by atoms with Gasteiger partial charge >= 0.3 is 18.2 Å². The molecule has 7 nitrogen and oxygen atoms in total. The summed E-state index contributed by atoms with van der Waals surface area (Å²) in [6.07, 6.45) is -4.95. The molecule has 0 spiro atoms. The van der Waals surface area contributed by atoms with E-state index in [2.05, 4.69) is 0 Å². The van der Waals surface area contributed by atoms with Gasteiger partial charge in [-0.15, -0.1) is 0 Å². The minimum Gasteiger partial charge on any atom is -0.475 e. The lowest BCUT2D eigenvalue weighted by molar-refractivity contribution is -0.191. The third-order valence-corrected chi connectivity index (χ3v) is 3.03. The minimum atomic E-state index is -4.95. The lowest BCUT2D eigenvalue weighted by atomic mass is 10.0. The van der Waals surface area contributed by atoms with Crippen molar-refractivity contribution in [1.82, 2.24) is 10.2 Å². The number of aromatic carboxylic acids is 1. The van der Waals surface area contributed by atoms with Crippen molar-refractivity contribution in [2.24, 2.45) is 0 Å². The number of alkyl halides is 3. The van der Waals surface area contributed by atoms with E-state index in [1.54, 1.807) is 5.32 Å². The first-order valence-electron chi connectivity index (χ1n) is 5.59. The molecule has 2 rings (SSSR count). The molecule has 1 aliphatic heterocycles. The number of urea groups is 1. The van der Waals surface area contributed by atoms with Gasteiger partial charge in [-0.05, 0) is 19.1 Å². The fourth-order valence-electron chi connectivity index (χ4n) is 1.77. The van der Waals surface area contributed by atoms with Crippen molar-refractivity contribution in [1.29, 1.82) is 0 Å². The zero-order chi connectivity index (χ0) is 16.0. The van der Waals surface area contributed by atoms with Gasteiger partial charge in [0, 0.05) is 0 Å². The van der Waals surface area contributed by atoms with Gasteiger partial charge in [-0.2, -0.15) is 13.2 Å². The standard InChI is InChI=1S/C11H9F3N2O5/c1-10(11(12,13)14)8(19)16(9(20)15-10)4-5-2-3-6(21-5)7(17)18/h2-3H,4H2,1H3,(H,15,20)(H,17,18). The van der Waals surface area contributed by atoms with Crippen molar-refractivity contribution >= 4 is 17.9 Å². The number of rotatable bonds is 3. The third kappa shape index (κ3) is 2.32. The molecule has 1 fully saturated rings. The van der Waals surface area contributed by atoms with E-state index in [-0.39, 0.29) is 5.76 Å². The summed E-state index contributed by atoms with van der Waals surface area (Å²) >= 11 is 0. The first-order chi connectivity index (χ1) is 9.56. The molecule has 2 N–H and O–H groups in total. The van der Waals surface area contributed by atoms with E-state index < -0.39 is 41.9 Å². The number of halogens is 3. The molecule has 0 radical (unpaired) electrons. The number of furan rings is 1. The number of carbonyl (C=O) groups is 3. The summed E-state index contributed by atoms with van der Waals surface area (Å²) in [6, 6.07) is 1.000. The number of nitrogens with one attached hydrogen (secondary N) is 1. The summed E-state index contributed by atoms with van der Waals surface area (Å²) in [4.78, 5) is 34.3. The molecule has 3 amide bonds. The second-order valence-electron chi connectivity index (χ2n) is 4.52. The van der Waals surface area contributed by atoms with Crippen LogP contribution < -0.4 is 5.32 Å². The number of carboxylic acids is 1. The molecule has 2 heterocycles. The van der Waals surface area contributed by atoms with Crippen molar-refractivity contribution in [2.75, 3.05) is 0 Å². The van der Waals surface area contributed by atoms with Gasteiger partial charge in [-0.25, -0.2) is 9.59 Å². The predicted octanol–water partition coefficient (Wildman–Crippen LogP) is 1.35. The highest BCUT2D eigenvalue weighted by molar-refractivity contribution is 6.07. The molecule has 1 atom stereocenters. The average Bonchev–Trinajstić information content (AvgIpc) is 2.89. The summed E-state index contributed by atoms with van der Waals surface area (Å²) in [5.41, 5.74) is -3.01. The van der Waals surface area contributed by atoms with E-state index in [1.807, 2.05) is 0 Å². The maximum Gasteiger partial charge on any atom is 0.420 e. The molecule has 0 saturated carbocycles. The first kappa shape index (κ1) is 14.9. The van der Waals surface area contributed by atoms with Crippen LogP contribution in [0, 0.1) is 0 Å². The lowest BCUT2D eigenvalue weighted by Crippen LogP contribution is -2.56. The van der Waals surface area contributed by atoms with Crippen molar-refractivity contribution in [3.8, 4) is 0 Å². The Morgan fingerprint density at radius 3 is 2.48 bits per heavy atom. The molecule has 1 unspecified atom stereocenters. The molecule has 21 heavy (non-hydrogen) atoms. The number of carboxylic acid groups (broad SMARTS) is 1. The van der Waals surface area contributed by atoms with Gasteiger partial charge in [0.05, 0.1) is 6.54 Å². The van der Waals surface area contributed by atoms with Crippen molar-refractivity contribution in [3.63, 3.8) is 0 Å². The second-order valence-corrected chi connectivity index (χ2v) is 4.52. The van der Waals surface area contributed by atoms with Gasteiger partial charge in [0.2, 0.25) is 11.3 Å². The minimum absolute atomic E-state index is 0.123. The number of imide groups is 1. The molecule has 1 saturated heterocycles.